The van der Waals surface area contributed by atoms with Crippen molar-refractivity contribution in [1.82, 2.24) is 20.0 Å². The molecule has 1 aliphatic rings. The van der Waals surface area contributed by atoms with Gasteiger partial charge in [0.2, 0.25) is 0 Å². The molecule has 0 bridgehead atoms. The quantitative estimate of drug-likeness (QED) is 0.820. The van der Waals surface area contributed by atoms with Gasteiger partial charge in [0.25, 0.3) is 0 Å². The van der Waals surface area contributed by atoms with E-state index < -0.39 is 6.30 Å². The highest BCUT2D eigenvalue weighted by atomic mass is 19.4. The number of rotatable bonds is 2. The zero-order chi connectivity index (χ0) is 11.6. The van der Waals surface area contributed by atoms with E-state index in [1.54, 1.807) is 0 Å². The molecule has 4 nitrogen and oxygen atoms in total. The molecule has 16 heavy (non-hydrogen) atoms. The highest BCUT2D eigenvalue weighted by Gasteiger charge is 2.34. The average Bonchev–Trinajstić information content (AvgIpc) is 2.67. The van der Waals surface area contributed by atoms with Crippen molar-refractivity contribution >= 4 is 0 Å². The predicted molar refractivity (Wildman–Crippen MR) is 51.7 cm³/mol. The van der Waals surface area contributed by atoms with Crippen LogP contribution in [0.3, 0.4) is 0 Å². The van der Waals surface area contributed by atoms with E-state index in [0.717, 1.165) is 26.2 Å². The number of nitrogens with zero attached hydrogens (tertiary/aromatic N) is 3. The first-order valence-electron chi connectivity index (χ1n) is 5.10. The van der Waals surface area contributed by atoms with E-state index in [1.807, 2.05) is 4.90 Å². The summed E-state index contributed by atoms with van der Waals surface area (Å²) in [5.74, 6) is 0. The Bertz CT molecular complexity index is 341. The van der Waals surface area contributed by atoms with E-state index in [0.29, 0.717) is 6.54 Å². The molecule has 90 valence electrons. The van der Waals surface area contributed by atoms with E-state index in [1.165, 1.54) is 12.3 Å². The van der Waals surface area contributed by atoms with Gasteiger partial charge >= 0.3 is 6.30 Å². The minimum Gasteiger partial charge on any atom is -0.314 e. The van der Waals surface area contributed by atoms with Crippen molar-refractivity contribution in [3.8, 4) is 0 Å². The minimum absolute atomic E-state index is 0.134. The van der Waals surface area contributed by atoms with Crippen LogP contribution in [0.4, 0.5) is 13.2 Å². The Morgan fingerprint density at radius 3 is 2.62 bits per heavy atom. The van der Waals surface area contributed by atoms with Gasteiger partial charge in [-0.05, 0) is 6.07 Å². The summed E-state index contributed by atoms with van der Waals surface area (Å²) in [7, 11) is 0. The number of alkyl halides is 3. The van der Waals surface area contributed by atoms with E-state index in [4.69, 9.17) is 0 Å². The summed E-state index contributed by atoms with van der Waals surface area (Å²) in [6.45, 7) is 3.47. The standard InChI is InChI=1S/C9H13F3N4/c10-9(11,12)16-8(1-2-14-16)7-15-5-3-13-4-6-15/h1-2,13H,3-7H2. The second-order valence-electron chi connectivity index (χ2n) is 3.73. The lowest BCUT2D eigenvalue weighted by atomic mass is 10.3. The van der Waals surface area contributed by atoms with Crippen LogP contribution in [0.5, 0.6) is 0 Å². The fraction of sp³-hybridized carbons (Fsp3) is 0.667. The molecule has 1 aliphatic heterocycles. The highest BCUT2D eigenvalue weighted by Crippen LogP contribution is 2.23. The number of aromatic nitrogens is 2. The third-order valence-electron chi connectivity index (χ3n) is 2.56. The van der Waals surface area contributed by atoms with E-state index in [2.05, 4.69) is 10.4 Å². The summed E-state index contributed by atoms with van der Waals surface area (Å²) >= 11 is 0. The van der Waals surface area contributed by atoms with E-state index in [9.17, 15) is 13.2 Å². The SMILES string of the molecule is FC(F)(F)n1nccc1CN1CCNCC1. The summed E-state index contributed by atoms with van der Waals surface area (Å²) in [4.78, 5) is 1.98. The van der Waals surface area contributed by atoms with Crippen LogP contribution in [0.25, 0.3) is 0 Å². The molecule has 0 aromatic carbocycles. The lowest BCUT2D eigenvalue weighted by Gasteiger charge is -2.27. The van der Waals surface area contributed by atoms with Gasteiger partial charge in [0.05, 0.1) is 5.69 Å². The molecule has 0 radical (unpaired) electrons. The lowest BCUT2D eigenvalue weighted by Crippen LogP contribution is -2.43. The number of halogens is 3. The van der Waals surface area contributed by atoms with Crippen LogP contribution in [0.15, 0.2) is 12.3 Å². The Kier molecular flexibility index (Phi) is 3.15. The van der Waals surface area contributed by atoms with Crippen LogP contribution >= 0.6 is 0 Å². The van der Waals surface area contributed by atoms with Crippen LogP contribution in [0.2, 0.25) is 0 Å². The van der Waals surface area contributed by atoms with Crippen molar-refractivity contribution in [2.75, 3.05) is 26.2 Å². The summed E-state index contributed by atoms with van der Waals surface area (Å²) in [6, 6.07) is 1.41. The average molecular weight is 234 g/mol. The fourth-order valence-corrected chi connectivity index (χ4v) is 1.78. The summed E-state index contributed by atoms with van der Waals surface area (Å²) in [5.41, 5.74) is 0.189. The Hall–Kier alpha value is -1.08. The topological polar surface area (TPSA) is 33.1 Å². The first kappa shape index (κ1) is 11.4. The van der Waals surface area contributed by atoms with E-state index in [-0.39, 0.29) is 10.4 Å². The molecule has 2 rings (SSSR count). The van der Waals surface area contributed by atoms with Gasteiger partial charge in [-0.25, -0.2) is 0 Å². The zero-order valence-corrected chi connectivity index (χ0v) is 8.67. The van der Waals surface area contributed by atoms with Gasteiger partial charge in [0, 0.05) is 38.9 Å². The smallest absolute Gasteiger partial charge is 0.314 e. The molecule has 1 N–H and O–H groups in total. The molecule has 0 saturated carbocycles. The molecule has 0 unspecified atom stereocenters. The van der Waals surface area contributed by atoms with Gasteiger partial charge in [-0.15, -0.1) is 13.2 Å². The Labute approximate surface area is 91.0 Å². The molecule has 1 aromatic rings. The van der Waals surface area contributed by atoms with Crippen LogP contribution in [0, 0.1) is 0 Å². The molecule has 2 heterocycles. The third kappa shape index (κ3) is 2.53. The fourth-order valence-electron chi connectivity index (χ4n) is 1.78. The molecular weight excluding hydrogens is 221 g/mol. The number of piperazine rings is 1. The largest absolute Gasteiger partial charge is 0.504 e. The number of hydrogen-bond acceptors (Lipinski definition) is 3. The minimum atomic E-state index is -4.42. The van der Waals surface area contributed by atoms with Crippen molar-refractivity contribution in [2.45, 2.75) is 12.8 Å². The second-order valence-corrected chi connectivity index (χ2v) is 3.73. The first-order valence-corrected chi connectivity index (χ1v) is 5.10. The van der Waals surface area contributed by atoms with E-state index >= 15 is 0 Å². The van der Waals surface area contributed by atoms with Crippen LogP contribution in [-0.2, 0) is 12.8 Å². The number of hydrogen-bond donors (Lipinski definition) is 1. The maximum atomic E-state index is 12.5. The zero-order valence-electron chi connectivity index (χ0n) is 8.67. The summed E-state index contributed by atoms with van der Waals surface area (Å²) in [5, 5.41) is 6.46. The molecule has 0 amide bonds. The maximum absolute atomic E-state index is 12.5. The third-order valence-corrected chi connectivity index (χ3v) is 2.56. The molecular formula is C9H13F3N4. The van der Waals surface area contributed by atoms with Gasteiger partial charge in [-0.1, -0.05) is 0 Å². The summed E-state index contributed by atoms with van der Waals surface area (Å²) < 4.78 is 37.7. The van der Waals surface area contributed by atoms with Crippen LogP contribution in [0.1, 0.15) is 5.69 Å². The number of nitrogens with one attached hydrogen (secondary N) is 1. The van der Waals surface area contributed by atoms with Gasteiger partial charge in [0.1, 0.15) is 0 Å². The first-order chi connectivity index (χ1) is 7.57. The van der Waals surface area contributed by atoms with Crippen LogP contribution < -0.4 is 5.32 Å². The molecule has 1 fully saturated rings. The highest BCUT2D eigenvalue weighted by molar-refractivity contribution is 5.01. The van der Waals surface area contributed by atoms with Gasteiger partial charge in [-0.2, -0.15) is 9.78 Å². The Morgan fingerprint density at radius 2 is 2.00 bits per heavy atom. The van der Waals surface area contributed by atoms with Crippen molar-refractivity contribution in [3.05, 3.63) is 18.0 Å². The second kappa shape index (κ2) is 4.42. The van der Waals surface area contributed by atoms with Crippen molar-refractivity contribution in [2.24, 2.45) is 0 Å². The Balaban J connectivity index is 2.06. The van der Waals surface area contributed by atoms with Gasteiger partial charge in [0.15, 0.2) is 0 Å². The predicted octanol–water partition coefficient (Wildman–Crippen LogP) is 0.765. The van der Waals surface area contributed by atoms with Crippen molar-refractivity contribution in [1.29, 1.82) is 0 Å². The van der Waals surface area contributed by atoms with Crippen LogP contribution in [-0.4, -0.2) is 40.9 Å². The molecule has 0 spiro atoms. The molecule has 0 aliphatic carbocycles. The summed E-state index contributed by atoms with van der Waals surface area (Å²) in [6.07, 6.45) is -3.24. The monoisotopic (exact) mass is 234 g/mol. The normalized spacial score (nSPS) is 18.9. The maximum Gasteiger partial charge on any atom is 0.504 e. The van der Waals surface area contributed by atoms with Crippen molar-refractivity contribution in [3.63, 3.8) is 0 Å². The molecule has 0 atom stereocenters. The lowest BCUT2D eigenvalue weighted by molar-refractivity contribution is -0.214. The van der Waals surface area contributed by atoms with Gasteiger partial charge < -0.3 is 5.32 Å². The Morgan fingerprint density at radius 1 is 1.31 bits per heavy atom. The molecule has 7 heteroatoms. The molecule has 1 aromatic heterocycles. The van der Waals surface area contributed by atoms with Crippen molar-refractivity contribution < 1.29 is 13.2 Å². The molecule has 1 saturated heterocycles. The van der Waals surface area contributed by atoms with Gasteiger partial charge in [-0.3, -0.25) is 4.90 Å².